The van der Waals surface area contributed by atoms with Gasteiger partial charge in [0.1, 0.15) is 6.04 Å². The van der Waals surface area contributed by atoms with Crippen molar-refractivity contribution < 1.29 is 19.8 Å². The molecule has 0 saturated carbocycles. The van der Waals surface area contributed by atoms with Gasteiger partial charge in [0, 0.05) is 19.6 Å². The second-order valence-electron chi connectivity index (χ2n) is 6.37. The first-order valence-corrected chi connectivity index (χ1v) is 7.74. The molecule has 1 rings (SSSR count). The molecule has 0 aliphatic carbocycles. The number of urea groups is 1. The van der Waals surface area contributed by atoms with Crippen molar-refractivity contribution >= 4 is 12.0 Å². The minimum atomic E-state index is -0.951. The Morgan fingerprint density at radius 2 is 2.00 bits per heavy atom. The Hall–Kier alpha value is -1.30. The van der Waals surface area contributed by atoms with E-state index in [-0.39, 0.29) is 19.2 Å². The van der Waals surface area contributed by atoms with Crippen molar-refractivity contribution in [2.24, 2.45) is 5.41 Å². The van der Waals surface area contributed by atoms with Crippen LogP contribution in [0.4, 0.5) is 4.79 Å². The van der Waals surface area contributed by atoms with E-state index in [2.05, 4.69) is 0 Å². The van der Waals surface area contributed by atoms with Crippen LogP contribution in [0.3, 0.4) is 0 Å². The van der Waals surface area contributed by atoms with Gasteiger partial charge in [-0.05, 0) is 24.7 Å². The number of aliphatic hydroxyl groups excluding tert-OH is 1. The fourth-order valence-electron chi connectivity index (χ4n) is 3.02. The summed E-state index contributed by atoms with van der Waals surface area (Å²) in [6.07, 6.45) is 3.40. The number of carbonyl (C=O) groups is 2. The third-order valence-corrected chi connectivity index (χ3v) is 4.17. The molecule has 0 aromatic heterocycles. The van der Waals surface area contributed by atoms with Crippen molar-refractivity contribution in [3.63, 3.8) is 0 Å². The Kier molecular flexibility index (Phi) is 6.45. The minimum Gasteiger partial charge on any atom is -0.480 e. The largest absolute Gasteiger partial charge is 0.480 e. The summed E-state index contributed by atoms with van der Waals surface area (Å²) in [5, 5.41) is 18.7. The number of amides is 2. The normalized spacial score (nSPS) is 21.1. The van der Waals surface area contributed by atoms with Crippen LogP contribution < -0.4 is 0 Å². The lowest BCUT2D eigenvalue weighted by atomic mass is 9.76. The molecule has 0 radical (unpaired) electrons. The maximum absolute atomic E-state index is 12.7. The molecule has 1 aliphatic rings. The van der Waals surface area contributed by atoms with Crippen LogP contribution in [0.15, 0.2) is 0 Å². The van der Waals surface area contributed by atoms with Crippen molar-refractivity contribution in [1.82, 2.24) is 9.80 Å². The first-order valence-electron chi connectivity index (χ1n) is 7.74. The summed E-state index contributed by atoms with van der Waals surface area (Å²) in [7, 11) is 0. The first kappa shape index (κ1) is 17.8. The predicted octanol–water partition coefficient (Wildman–Crippen LogP) is 1.78. The van der Waals surface area contributed by atoms with E-state index < -0.39 is 17.4 Å². The molecule has 1 heterocycles. The fraction of sp³-hybridized carbons (Fsp3) is 0.867. The number of carboxylic acid groups (broad SMARTS) is 1. The molecule has 1 aliphatic heterocycles. The van der Waals surface area contributed by atoms with Crippen LogP contribution in [0, 0.1) is 5.41 Å². The molecule has 1 atom stereocenters. The monoisotopic (exact) mass is 300 g/mol. The first-order chi connectivity index (χ1) is 9.85. The maximum atomic E-state index is 12.7. The van der Waals surface area contributed by atoms with E-state index in [1.807, 2.05) is 20.8 Å². The molecule has 21 heavy (non-hydrogen) atoms. The summed E-state index contributed by atoms with van der Waals surface area (Å²) in [4.78, 5) is 27.3. The second-order valence-corrected chi connectivity index (χ2v) is 6.37. The molecule has 1 unspecified atom stereocenters. The van der Waals surface area contributed by atoms with Gasteiger partial charge in [0.25, 0.3) is 0 Å². The highest BCUT2D eigenvalue weighted by Crippen LogP contribution is 2.35. The number of hydrogen-bond acceptors (Lipinski definition) is 3. The Morgan fingerprint density at radius 1 is 1.33 bits per heavy atom. The SMILES string of the molecule is CCCCN(CCO)C(=O)N1CCCC(C)(C)C1C(=O)O. The maximum Gasteiger partial charge on any atom is 0.327 e. The van der Waals surface area contributed by atoms with Crippen molar-refractivity contribution in [2.75, 3.05) is 26.2 Å². The van der Waals surface area contributed by atoms with E-state index in [1.165, 1.54) is 4.90 Å². The van der Waals surface area contributed by atoms with Crippen LogP contribution in [-0.2, 0) is 4.79 Å². The molecular formula is C15H28N2O4. The van der Waals surface area contributed by atoms with Gasteiger partial charge < -0.3 is 20.0 Å². The molecular weight excluding hydrogens is 272 g/mol. The number of carboxylic acids is 1. The molecule has 1 saturated heterocycles. The molecule has 1 fully saturated rings. The van der Waals surface area contributed by atoms with Gasteiger partial charge in [-0.2, -0.15) is 0 Å². The van der Waals surface area contributed by atoms with E-state index in [0.717, 1.165) is 25.7 Å². The number of aliphatic carboxylic acids is 1. The number of nitrogens with zero attached hydrogens (tertiary/aromatic N) is 2. The molecule has 6 heteroatoms. The van der Waals surface area contributed by atoms with E-state index in [1.54, 1.807) is 4.90 Å². The lowest BCUT2D eigenvalue weighted by Crippen LogP contribution is -2.59. The Labute approximate surface area is 126 Å². The predicted molar refractivity (Wildman–Crippen MR) is 80.1 cm³/mol. The minimum absolute atomic E-state index is 0.107. The van der Waals surface area contributed by atoms with Gasteiger partial charge in [-0.25, -0.2) is 9.59 Å². The van der Waals surface area contributed by atoms with E-state index >= 15 is 0 Å². The van der Waals surface area contributed by atoms with Gasteiger partial charge in [-0.3, -0.25) is 0 Å². The number of unbranched alkanes of at least 4 members (excludes halogenated alkanes) is 1. The number of hydrogen-bond donors (Lipinski definition) is 2. The van der Waals surface area contributed by atoms with Crippen molar-refractivity contribution in [1.29, 1.82) is 0 Å². The highest BCUT2D eigenvalue weighted by Gasteiger charge is 2.45. The van der Waals surface area contributed by atoms with Gasteiger partial charge in [-0.15, -0.1) is 0 Å². The molecule has 0 aromatic rings. The van der Waals surface area contributed by atoms with Crippen molar-refractivity contribution in [3.05, 3.63) is 0 Å². The highest BCUT2D eigenvalue weighted by molar-refractivity contribution is 5.83. The van der Waals surface area contributed by atoms with Crippen LogP contribution in [0.2, 0.25) is 0 Å². The zero-order chi connectivity index (χ0) is 16.0. The second kappa shape index (κ2) is 7.64. The standard InChI is InChI=1S/C15H28N2O4/c1-4-5-8-16(10-11-18)14(21)17-9-6-7-15(2,3)12(17)13(19)20/h12,18H,4-11H2,1-3H3,(H,19,20). The average Bonchev–Trinajstić information content (AvgIpc) is 2.40. The number of rotatable bonds is 6. The molecule has 0 aromatic carbocycles. The van der Waals surface area contributed by atoms with Gasteiger partial charge in [0.05, 0.1) is 6.61 Å². The molecule has 0 spiro atoms. The number of piperidine rings is 1. The van der Waals surface area contributed by atoms with E-state index in [4.69, 9.17) is 5.11 Å². The van der Waals surface area contributed by atoms with Crippen molar-refractivity contribution in [3.8, 4) is 0 Å². The summed E-state index contributed by atoms with van der Waals surface area (Å²) in [5.41, 5.74) is -0.435. The zero-order valence-corrected chi connectivity index (χ0v) is 13.3. The smallest absolute Gasteiger partial charge is 0.327 e. The quantitative estimate of drug-likeness (QED) is 0.783. The van der Waals surface area contributed by atoms with Crippen LogP contribution in [0.1, 0.15) is 46.5 Å². The van der Waals surface area contributed by atoms with E-state index in [9.17, 15) is 14.7 Å². The summed E-state index contributed by atoms with van der Waals surface area (Å²) >= 11 is 0. The van der Waals surface area contributed by atoms with Crippen molar-refractivity contribution in [2.45, 2.75) is 52.5 Å². The Bertz CT molecular complexity index is 371. The molecule has 122 valence electrons. The van der Waals surface area contributed by atoms with Crippen LogP contribution in [-0.4, -0.2) is 64.3 Å². The van der Waals surface area contributed by atoms with Gasteiger partial charge in [0.2, 0.25) is 0 Å². The molecule has 2 amide bonds. The van der Waals surface area contributed by atoms with Crippen LogP contribution >= 0.6 is 0 Å². The third-order valence-electron chi connectivity index (χ3n) is 4.17. The summed E-state index contributed by atoms with van der Waals surface area (Å²) in [6, 6.07) is -1.07. The number of aliphatic hydroxyl groups is 1. The Balaban J connectivity index is 2.92. The lowest BCUT2D eigenvalue weighted by Gasteiger charge is -2.45. The van der Waals surface area contributed by atoms with Crippen LogP contribution in [0.25, 0.3) is 0 Å². The highest BCUT2D eigenvalue weighted by atomic mass is 16.4. The average molecular weight is 300 g/mol. The summed E-state index contributed by atoms with van der Waals surface area (Å²) in [6.45, 7) is 6.99. The third kappa shape index (κ3) is 4.33. The summed E-state index contributed by atoms with van der Waals surface area (Å²) < 4.78 is 0. The molecule has 0 bridgehead atoms. The number of carbonyl (C=O) groups excluding carboxylic acids is 1. The molecule has 6 nitrogen and oxygen atoms in total. The van der Waals surface area contributed by atoms with Crippen LogP contribution in [0.5, 0.6) is 0 Å². The number of likely N-dealkylation sites (tertiary alicyclic amines) is 1. The topological polar surface area (TPSA) is 81.1 Å². The Morgan fingerprint density at radius 3 is 2.52 bits per heavy atom. The zero-order valence-electron chi connectivity index (χ0n) is 13.3. The van der Waals surface area contributed by atoms with E-state index in [0.29, 0.717) is 13.1 Å². The molecule has 2 N–H and O–H groups in total. The lowest BCUT2D eigenvalue weighted by molar-refractivity contribution is -0.148. The van der Waals surface area contributed by atoms with Gasteiger partial charge in [-0.1, -0.05) is 27.2 Å². The fourth-order valence-corrected chi connectivity index (χ4v) is 3.02. The summed E-state index contributed by atoms with van der Waals surface area (Å²) in [5.74, 6) is -0.951. The van der Waals surface area contributed by atoms with Gasteiger partial charge in [0.15, 0.2) is 0 Å². The van der Waals surface area contributed by atoms with Gasteiger partial charge >= 0.3 is 12.0 Å².